The molecule has 2 aromatic heterocycles. The van der Waals surface area contributed by atoms with Gasteiger partial charge in [-0.25, -0.2) is 4.98 Å². The minimum atomic E-state index is -0.240. The van der Waals surface area contributed by atoms with E-state index in [1.54, 1.807) is 30.5 Å². The zero-order valence-electron chi connectivity index (χ0n) is 20.7. The molecule has 0 saturated carbocycles. The van der Waals surface area contributed by atoms with Crippen LogP contribution in [0.3, 0.4) is 0 Å². The van der Waals surface area contributed by atoms with Crippen LogP contribution in [0.5, 0.6) is 0 Å². The highest BCUT2D eigenvalue weighted by Gasteiger charge is 2.18. The molecule has 1 saturated heterocycles. The lowest BCUT2D eigenvalue weighted by molar-refractivity contribution is 0.102. The van der Waals surface area contributed by atoms with Crippen molar-refractivity contribution in [2.75, 3.05) is 47.5 Å². The van der Waals surface area contributed by atoms with Gasteiger partial charge < -0.3 is 26.2 Å². The molecule has 1 fully saturated rings. The normalized spacial score (nSPS) is 15.2. The second-order valence-electron chi connectivity index (χ2n) is 9.21. The van der Waals surface area contributed by atoms with Crippen molar-refractivity contribution in [3.8, 4) is 0 Å². The maximum Gasteiger partial charge on any atom is 0.256 e. The molecule has 35 heavy (non-hydrogen) atoms. The lowest BCUT2D eigenvalue weighted by Crippen LogP contribution is -2.27. The van der Waals surface area contributed by atoms with Crippen molar-refractivity contribution in [3.63, 3.8) is 0 Å². The van der Waals surface area contributed by atoms with Gasteiger partial charge in [0.25, 0.3) is 5.91 Å². The fourth-order valence-electron chi connectivity index (χ4n) is 3.89. The Kier molecular flexibility index (Phi) is 7.71. The van der Waals surface area contributed by atoms with Crippen LogP contribution in [0.4, 0.5) is 29.4 Å². The van der Waals surface area contributed by atoms with Crippen LogP contribution in [-0.4, -0.2) is 58.6 Å². The topological polar surface area (TPSA) is 120 Å². The molecular formula is C25H33N9O. The Morgan fingerprint density at radius 3 is 2.71 bits per heavy atom. The molecule has 3 aromatic rings. The van der Waals surface area contributed by atoms with Gasteiger partial charge in [-0.15, -0.1) is 0 Å². The van der Waals surface area contributed by atoms with Crippen LogP contribution in [0.25, 0.3) is 0 Å². The smallest absolute Gasteiger partial charge is 0.256 e. The monoisotopic (exact) mass is 475 g/mol. The molecule has 1 aliphatic heterocycles. The molecule has 1 aromatic carbocycles. The predicted molar refractivity (Wildman–Crippen MR) is 139 cm³/mol. The number of aryl methyl sites for hydroxylation is 1. The highest BCUT2D eigenvalue weighted by Crippen LogP contribution is 2.23. The number of nitrogens with zero attached hydrogens (tertiary/aromatic N) is 5. The molecule has 184 valence electrons. The molecule has 0 spiro atoms. The van der Waals surface area contributed by atoms with Gasteiger partial charge in [-0.3, -0.25) is 4.79 Å². The van der Waals surface area contributed by atoms with Gasteiger partial charge in [0, 0.05) is 43.6 Å². The number of aromatic nitrogens is 4. The summed E-state index contributed by atoms with van der Waals surface area (Å²) in [6.45, 7) is 8.95. The Bertz CT molecular complexity index is 1150. The Labute approximate surface area is 206 Å². The second-order valence-corrected chi connectivity index (χ2v) is 9.21. The summed E-state index contributed by atoms with van der Waals surface area (Å²) in [5.41, 5.74) is 2.22. The van der Waals surface area contributed by atoms with Crippen LogP contribution < -0.4 is 26.2 Å². The molecular weight excluding hydrogens is 442 g/mol. The van der Waals surface area contributed by atoms with E-state index < -0.39 is 0 Å². The first-order valence-electron chi connectivity index (χ1n) is 11.9. The van der Waals surface area contributed by atoms with Gasteiger partial charge in [-0.1, -0.05) is 26.0 Å². The van der Waals surface area contributed by atoms with Crippen molar-refractivity contribution in [3.05, 3.63) is 53.7 Å². The van der Waals surface area contributed by atoms with Crippen LogP contribution in [0, 0.1) is 12.8 Å². The van der Waals surface area contributed by atoms with Gasteiger partial charge in [0.15, 0.2) is 0 Å². The van der Waals surface area contributed by atoms with Gasteiger partial charge in [0.2, 0.25) is 17.8 Å². The number of rotatable bonds is 9. The number of hydrogen-bond acceptors (Lipinski definition) is 9. The van der Waals surface area contributed by atoms with Gasteiger partial charge in [-0.2, -0.15) is 15.0 Å². The quantitative estimate of drug-likeness (QED) is 0.369. The molecule has 4 N–H and O–H groups in total. The Balaban J connectivity index is 1.58. The summed E-state index contributed by atoms with van der Waals surface area (Å²) in [7, 11) is 1.98. The summed E-state index contributed by atoms with van der Waals surface area (Å²) in [6.07, 6.45) is 2.65. The Hall–Kier alpha value is -3.79. The van der Waals surface area contributed by atoms with Crippen molar-refractivity contribution in [1.29, 1.82) is 0 Å². The third-order valence-corrected chi connectivity index (χ3v) is 5.65. The van der Waals surface area contributed by atoms with Crippen molar-refractivity contribution in [2.45, 2.75) is 33.2 Å². The van der Waals surface area contributed by atoms with Crippen molar-refractivity contribution >= 4 is 35.3 Å². The van der Waals surface area contributed by atoms with E-state index in [0.29, 0.717) is 35.1 Å². The standard InChI is InChI=1S/C25H33N9O/c1-16(2)15-34(4)25-32-23(28-19-10-12-26-14-19)31-24(33-25)29-20-13-18(9-8-17(20)3)22(35)30-21-7-5-6-11-27-21/h5-9,11,13,16,19,26H,10,12,14-15H2,1-4H3,(H,27,30,35)(H2,28,29,31,32,33)/t19-/m0/s1. The number of carbonyl (C=O) groups is 1. The molecule has 10 heteroatoms. The summed E-state index contributed by atoms with van der Waals surface area (Å²) >= 11 is 0. The zero-order chi connectivity index (χ0) is 24.8. The van der Waals surface area contributed by atoms with Crippen LogP contribution in [0.1, 0.15) is 36.2 Å². The number of anilines is 5. The molecule has 1 atom stereocenters. The zero-order valence-corrected chi connectivity index (χ0v) is 20.7. The highest BCUT2D eigenvalue weighted by molar-refractivity contribution is 6.04. The van der Waals surface area contributed by atoms with Crippen molar-refractivity contribution < 1.29 is 4.79 Å². The summed E-state index contributed by atoms with van der Waals surface area (Å²) in [6, 6.07) is 11.1. The van der Waals surface area contributed by atoms with Crippen LogP contribution in [0.15, 0.2) is 42.6 Å². The lowest BCUT2D eigenvalue weighted by Gasteiger charge is -2.21. The lowest BCUT2D eigenvalue weighted by atomic mass is 10.1. The fraction of sp³-hybridized carbons (Fsp3) is 0.400. The molecule has 4 rings (SSSR count). The van der Waals surface area contributed by atoms with E-state index in [1.807, 2.05) is 31.0 Å². The largest absolute Gasteiger partial charge is 0.350 e. The van der Waals surface area contributed by atoms with Crippen LogP contribution >= 0.6 is 0 Å². The molecule has 1 aliphatic rings. The highest BCUT2D eigenvalue weighted by atomic mass is 16.1. The number of amides is 1. The van der Waals surface area contributed by atoms with E-state index in [2.05, 4.69) is 55.1 Å². The first kappa shape index (κ1) is 24.3. The van der Waals surface area contributed by atoms with Gasteiger partial charge in [0.05, 0.1) is 0 Å². The summed E-state index contributed by atoms with van der Waals surface area (Å²) in [4.78, 5) is 32.9. The van der Waals surface area contributed by atoms with E-state index in [0.717, 1.165) is 37.3 Å². The van der Waals surface area contributed by atoms with Gasteiger partial charge in [0.1, 0.15) is 5.82 Å². The molecule has 0 unspecified atom stereocenters. The van der Waals surface area contributed by atoms with Crippen molar-refractivity contribution in [1.82, 2.24) is 25.3 Å². The molecule has 0 bridgehead atoms. The van der Waals surface area contributed by atoms with E-state index in [4.69, 9.17) is 0 Å². The van der Waals surface area contributed by atoms with E-state index >= 15 is 0 Å². The van der Waals surface area contributed by atoms with Gasteiger partial charge >= 0.3 is 0 Å². The SMILES string of the molecule is Cc1ccc(C(=O)Nc2ccccn2)cc1Nc1nc(N[C@H]2CCNC2)nc(N(C)CC(C)C)n1. The molecule has 10 nitrogen and oxygen atoms in total. The van der Waals surface area contributed by atoms with Crippen LogP contribution in [-0.2, 0) is 0 Å². The number of carbonyl (C=O) groups excluding carboxylic acids is 1. The van der Waals surface area contributed by atoms with E-state index in [9.17, 15) is 4.79 Å². The maximum atomic E-state index is 12.8. The maximum absolute atomic E-state index is 12.8. The minimum absolute atomic E-state index is 0.240. The van der Waals surface area contributed by atoms with E-state index in [1.165, 1.54) is 0 Å². The number of nitrogens with one attached hydrogen (secondary N) is 4. The predicted octanol–water partition coefficient (Wildman–Crippen LogP) is 3.44. The first-order chi connectivity index (χ1) is 16.9. The average Bonchev–Trinajstić information content (AvgIpc) is 3.33. The van der Waals surface area contributed by atoms with Gasteiger partial charge in [-0.05, 0) is 55.6 Å². The average molecular weight is 476 g/mol. The summed E-state index contributed by atoms with van der Waals surface area (Å²) < 4.78 is 0. The molecule has 0 radical (unpaired) electrons. The molecule has 1 amide bonds. The number of pyridine rings is 1. The minimum Gasteiger partial charge on any atom is -0.350 e. The second kappa shape index (κ2) is 11.1. The summed E-state index contributed by atoms with van der Waals surface area (Å²) in [5, 5.41) is 12.9. The molecule has 0 aliphatic carbocycles. The Morgan fingerprint density at radius 1 is 1.17 bits per heavy atom. The fourth-order valence-corrected chi connectivity index (χ4v) is 3.89. The third-order valence-electron chi connectivity index (χ3n) is 5.65. The Morgan fingerprint density at radius 2 is 2.00 bits per heavy atom. The third kappa shape index (κ3) is 6.63. The van der Waals surface area contributed by atoms with Crippen molar-refractivity contribution in [2.24, 2.45) is 5.92 Å². The first-order valence-corrected chi connectivity index (χ1v) is 11.9. The summed E-state index contributed by atoms with van der Waals surface area (Å²) in [5.74, 6) is 2.26. The number of benzene rings is 1. The number of hydrogen-bond donors (Lipinski definition) is 4. The van der Waals surface area contributed by atoms with E-state index in [-0.39, 0.29) is 11.9 Å². The molecule has 3 heterocycles. The van der Waals surface area contributed by atoms with Crippen LogP contribution in [0.2, 0.25) is 0 Å².